The molecule has 2 N–H and O–H groups in total. The minimum absolute atomic E-state index is 0.342. The van der Waals surface area contributed by atoms with Crippen molar-refractivity contribution >= 4 is 23.6 Å². The molecule has 214 valence electrons. The van der Waals surface area contributed by atoms with E-state index < -0.39 is 12.0 Å². The van der Waals surface area contributed by atoms with Crippen LogP contribution in [0.25, 0.3) is 11.1 Å². The molecule has 0 saturated carbocycles. The molecule has 2 atom stereocenters. The second-order valence-corrected chi connectivity index (χ2v) is 11.1. The van der Waals surface area contributed by atoms with Crippen LogP contribution < -0.4 is 5.32 Å². The van der Waals surface area contributed by atoms with Crippen LogP contribution in [0.2, 0.25) is 0 Å². The van der Waals surface area contributed by atoms with Crippen molar-refractivity contribution in [2.75, 3.05) is 18.6 Å². The van der Waals surface area contributed by atoms with Gasteiger partial charge in [0, 0.05) is 18.2 Å². The fraction of sp³-hybridized carbons (Fsp3) is 0.412. The first-order valence-electron chi connectivity index (χ1n) is 14.5. The fourth-order valence-corrected chi connectivity index (χ4v) is 5.83. The predicted octanol–water partition coefficient (Wildman–Crippen LogP) is 7.22. The highest BCUT2D eigenvalue weighted by atomic mass is 32.2. The lowest BCUT2D eigenvalue weighted by Gasteiger charge is -2.25. The summed E-state index contributed by atoms with van der Waals surface area (Å²) in [6.45, 7) is 7.96. The number of carboxylic acids is 1. The summed E-state index contributed by atoms with van der Waals surface area (Å²) in [6.07, 6.45) is 6.96. The summed E-state index contributed by atoms with van der Waals surface area (Å²) in [4.78, 5) is 27.7. The van der Waals surface area contributed by atoms with Gasteiger partial charge in [0.25, 0.3) is 5.91 Å². The monoisotopic (exact) mass is 560 g/mol. The van der Waals surface area contributed by atoms with Gasteiger partial charge in [-0.2, -0.15) is 11.8 Å². The third-order valence-electron chi connectivity index (χ3n) is 7.47. The van der Waals surface area contributed by atoms with Gasteiger partial charge in [-0.25, -0.2) is 4.79 Å². The average Bonchev–Trinajstić information content (AvgIpc) is 3.42. The average molecular weight is 561 g/mol. The lowest BCUT2D eigenvalue weighted by atomic mass is 9.93. The largest absolute Gasteiger partial charge is 0.480 e. The normalized spacial score (nSPS) is 15.7. The van der Waals surface area contributed by atoms with Crippen molar-refractivity contribution < 1.29 is 14.7 Å². The number of nitrogens with zero attached hydrogens (tertiary/aromatic N) is 1. The fourth-order valence-electron chi connectivity index (χ4n) is 5.36. The Balaban J connectivity index is 0.00000216. The van der Waals surface area contributed by atoms with Gasteiger partial charge < -0.3 is 10.4 Å². The van der Waals surface area contributed by atoms with E-state index in [0.29, 0.717) is 23.8 Å². The number of aryl methyl sites for hydroxylation is 2. The molecule has 3 aromatic carbocycles. The van der Waals surface area contributed by atoms with E-state index in [-0.39, 0.29) is 5.91 Å². The van der Waals surface area contributed by atoms with E-state index in [2.05, 4.69) is 46.6 Å². The highest BCUT2D eigenvalue weighted by Crippen LogP contribution is 2.30. The van der Waals surface area contributed by atoms with Gasteiger partial charge in [-0.1, -0.05) is 74.5 Å². The van der Waals surface area contributed by atoms with Gasteiger partial charge in [-0.3, -0.25) is 9.69 Å². The van der Waals surface area contributed by atoms with Crippen LogP contribution in [-0.4, -0.2) is 52.5 Å². The molecule has 0 aromatic heterocycles. The molecular weight excluding hydrogens is 516 g/mol. The molecule has 1 heterocycles. The van der Waals surface area contributed by atoms with Crippen molar-refractivity contribution in [2.45, 2.75) is 71.5 Å². The summed E-state index contributed by atoms with van der Waals surface area (Å²) < 4.78 is 0. The molecule has 0 bridgehead atoms. The Morgan fingerprint density at radius 1 is 1.00 bits per heavy atom. The number of amides is 1. The molecule has 40 heavy (non-hydrogen) atoms. The number of carbonyl (C=O) groups excluding carboxylic acids is 1. The number of carboxylic acid groups (broad SMARTS) is 1. The van der Waals surface area contributed by atoms with E-state index in [9.17, 15) is 14.7 Å². The van der Waals surface area contributed by atoms with Gasteiger partial charge in [0.2, 0.25) is 0 Å². The van der Waals surface area contributed by atoms with Crippen LogP contribution >= 0.6 is 11.8 Å². The van der Waals surface area contributed by atoms with E-state index in [4.69, 9.17) is 0 Å². The maximum absolute atomic E-state index is 13.4. The molecule has 1 fully saturated rings. The van der Waals surface area contributed by atoms with Crippen LogP contribution in [0.15, 0.2) is 72.8 Å². The highest BCUT2D eigenvalue weighted by molar-refractivity contribution is 7.98. The Labute approximate surface area is 244 Å². The Morgan fingerprint density at radius 2 is 1.73 bits per heavy atom. The van der Waals surface area contributed by atoms with Crippen molar-refractivity contribution in [2.24, 2.45) is 0 Å². The van der Waals surface area contributed by atoms with Crippen LogP contribution in [0.4, 0.5) is 0 Å². The number of aliphatic carboxylic acids is 1. The summed E-state index contributed by atoms with van der Waals surface area (Å²) in [5, 5.41) is 12.4. The second-order valence-electron chi connectivity index (χ2n) is 10.1. The summed E-state index contributed by atoms with van der Waals surface area (Å²) in [7, 11) is 0. The minimum Gasteiger partial charge on any atom is -0.480 e. The van der Waals surface area contributed by atoms with Gasteiger partial charge in [-0.15, -0.1) is 0 Å². The quantitative estimate of drug-likeness (QED) is 0.245. The lowest BCUT2D eigenvalue weighted by molar-refractivity contribution is -0.139. The predicted molar refractivity (Wildman–Crippen MR) is 168 cm³/mol. The number of carbonyl (C=O) groups is 2. The number of thioether (sulfide) groups is 1. The molecule has 1 saturated heterocycles. The van der Waals surface area contributed by atoms with Crippen LogP contribution in [-0.2, 0) is 17.8 Å². The van der Waals surface area contributed by atoms with Crippen LogP contribution in [0.1, 0.15) is 66.6 Å². The molecule has 0 aliphatic carbocycles. The van der Waals surface area contributed by atoms with Gasteiger partial charge in [0.05, 0.1) is 0 Å². The Hall–Kier alpha value is -3.09. The first kappa shape index (κ1) is 31.4. The molecule has 3 aromatic rings. The zero-order chi connectivity index (χ0) is 28.9. The van der Waals surface area contributed by atoms with Crippen molar-refractivity contribution in [3.05, 3.63) is 95.1 Å². The standard InChI is InChI=1S/C32H38N2O3S.C2H6/c1-23-9-6-7-13-27(23)29-21-25(15-17-28(29)31(35)33-30(32(36)37)18-20-38-2)22-34-19-8-12-26(34)16-14-24-10-4-3-5-11-24;1-2/h3-7,9-11,13,15,17,21,26,30H,8,12,14,16,18-20,22H2,1-2H3,(H,33,35)(H,36,37);1-2H3. The van der Waals surface area contributed by atoms with Crippen molar-refractivity contribution in [3.8, 4) is 11.1 Å². The zero-order valence-corrected chi connectivity index (χ0v) is 25.2. The lowest BCUT2D eigenvalue weighted by Crippen LogP contribution is -2.41. The van der Waals surface area contributed by atoms with Crippen LogP contribution in [0, 0.1) is 6.92 Å². The number of nitrogens with one attached hydrogen (secondary N) is 1. The SMILES string of the molecule is CC.CSCCC(NC(=O)c1ccc(CN2CCCC2CCc2ccccc2)cc1-c1ccccc1C)C(=O)O. The summed E-state index contributed by atoms with van der Waals surface area (Å²) in [5.41, 5.74) is 6.00. The van der Waals surface area contributed by atoms with E-state index >= 15 is 0 Å². The van der Waals surface area contributed by atoms with E-state index in [1.165, 1.54) is 24.0 Å². The number of likely N-dealkylation sites (tertiary alicyclic amines) is 1. The minimum atomic E-state index is -1.00. The maximum Gasteiger partial charge on any atom is 0.326 e. The molecule has 6 heteroatoms. The summed E-state index contributed by atoms with van der Waals surface area (Å²) >= 11 is 1.57. The molecular formula is C34H44N2O3S. The van der Waals surface area contributed by atoms with Gasteiger partial charge >= 0.3 is 5.97 Å². The maximum atomic E-state index is 13.4. The van der Waals surface area contributed by atoms with Gasteiger partial charge in [0.1, 0.15) is 6.04 Å². The van der Waals surface area contributed by atoms with Crippen LogP contribution in [0.5, 0.6) is 0 Å². The van der Waals surface area contributed by atoms with Crippen molar-refractivity contribution in [1.82, 2.24) is 10.2 Å². The zero-order valence-electron chi connectivity index (χ0n) is 24.4. The number of rotatable bonds is 12. The Kier molecular flexibility index (Phi) is 12.8. The molecule has 0 radical (unpaired) electrons. The van der Waals surface area contributed by atoms with Gasteiger partial charge in [0.15, 0.2) is 0 Å². The molecule has 5 nitrogen and oxygen atoms in total. The molecule has 1 aliphatic heterocycles. The summed E-state index contributed by atoms with van der Waals surface area (Å²) in [5.74, 6) is -0.676. The number of hydrogen-bond donors (Lipinski definition) is 2. The molecule has 2 unspecified atom stereocenters. The smallest absolute Gasteiger partial charge is 0.326 e. The molecule has 4 rings (SSSR count). The molecule has 1 amide bonds. The third kappa shape index (κ3) is 8.70. The van der Waals surface area contributed by atoms with Crippen molar-refractivity contribution in [3.63, 3.8) is 0 Å². The van der Waals surface area contributed by atoms with Crippen LogP contribution in [0.3, 0.4) is 0 Å². The van der Waals surface area contributed by atoms with Gasteiger partial charge in [-0.05, 0) is 97.5 Å². The number of hydrogen-bond acceptors (Lipinski definition) is 4. The summed E-state index contributed by atoms with van der Waals surface area (Å²) in [6, 6.07) is 24.4. The van der Waals surface area contributed by atoms with Crippen molar-refractivity contribution in [1.29, 1.82) is 0 Å². The first-order chi connectivity index (χ1) is 19.5. The third-order valence-corrected chi connectivity index (χ3v) is 8.12. The highest BCUT2D eigenvalue weighted by Gasteiger charge is 2.26. The molecule has 1 aliphatic rings. The van der Waals surface area contributed by atoms with E-state index in [1.54, 1.807) is 11.8 Å². The topological polar surface area (TPSA) is 69.6 Å². The van der Waals surface area contributed by atoms with E-state index in [1.807, 2.05) is 63.4 Å². The Bertz CT molecular complexity index is 1230. The second kappa shape index (κ2) is 16.2. The molecule has 0 spiro atoms. The van der Waals surface area contributed by atoms with E-state index in [0.717, 1.165) is 42.6 Å². The Morgan fingerprint density at radius 3 is 2.42 bits per heavy atom. The number of benzene rings is 3. The first-order valence-corrected chi connectivity index (χ1v) is 15.8.